The van der Waals surface area contributed by atoms with Crippen molar-refractivity contribution in [2.45, 2.75) is 6.61 Å². The molecule has 1 N–H and O–H groups in total. The average Bonchev–Trinajstić information content (AvgIpc) is 3.22. The van der Waals surface area contributed by atoms with Crippen LogP contribution in [0.25, 0.3) is 22.5 Å². The minimum atomic E-state index is -0.475. The summed E-state index contributed by atoms with van der Waals surface area (Å²) in [7, 11) is 0. The van der Waals surface area contributed by atoms with Crippen LogP contribution in [0.15, 0.2) is 83.4 Å². The first-order chi connectivity index (χ1) is 13.7. The Morgan fingerprint density at radius 3 is 2.18 bits per heavy atom. The highest BCUT2D eigenvalue weighted by Gasteiger charge is 2.12. The van der Waals surface area contributed by atoms with Crippen LogP contribution in [0, 0.1) is 0 Å². The topological polar surface area (TPSA) is 85.5 Å². The Morgan fingerprint density at radius 2 is 1.50 bits per heavy atom. The van der Waals surface area contributed by atoms with Crippen molar-refractivity contribution in [1.82, 2.24) is 10.1 Å². The number of esters is 1. The molecule has 0 aliphatic carbocycles. The van der Waals surface area contributed by atoms with Gasteiger partial charge in [-0.25, -0.2) is 4.79 Å². The fraction of sp³-hybridized carbons (Fsp3) is 0.0455. The molecular formula is C22H16N2O4. The molecule has 0 saturated carbocycles. The maximum Gasteiger partial charge on any atom is 0.338 e. The lowest BCUT2D eigenvalue weighted by Crippen LogP contribution is -2.05. The van der Waals surface area contributed by atoms with Crippen LogP contribution in [0.1, 0.15) is 16.2 Å². The summed E-state index contributed by atoms with van der Waals surface area (Å²) >= 11 is 0. The molecule has 0 atom stereocenters. The number of phenolic OH excluding ortho intramolecular Hbond substituents is 1. The number of carbonyl (C=O) groups excluding carboxylic acids is 1. The lowest BCUT2D eigenvalue weighted by atomic mass is 10.0. The molecule has 0 aliphatic heterocycles. The zero-order valence-electron chi connectivity index (χ0n) is 14.8. The molecule has 0 saturated heterocycles. The number of aromatic hydroxyl groups is 1. The third-order valence-electron chi connectivity index (χ3n) is 4.15. The third kappa shape index (κ3) is 3.91. The van der Waals surface area contributed by atoms with Gasteiger partial charge in [-0.2, -0.15) is 4.98 Å². The second-order valence-corrected chi connectivity index (χ2v) is 6.08. The van der Waals surface area contributed by atoms with Gasteiger partial charge in [-0.3, -0.25) is 0 Å². The van der Waals surface area contributed by atoms with Crippen molar-refractivity contribution in [3.63, 3.8) is 0 Å². The first kappa shape index (κ1) is 17.5. The van der Waals surface area contributed by atoms with Crippen molar-refractivity contribution in [2.24, 2.45) is 0 Å². The quantitative estimate of drug-likeness (QED) is 0.520. The van der Waals surface area contributed by atoms with Crippen molar-refractivity contribution in [3.05, 3.63) is 90.3 Å². The minimum Gasteiger partial charge on any atom is -0.508 e. The van der Waals surface area contributed by atoms with E-state index in [-0.39, 0.29) is 18.2 Å². The summed E-state index contributed by atoms with van der Waals surface area (Å²) in [5.41, 5.74) is 3.12. The number of hydrogen-bond donors (Lipinski definition) is 1. The molecule has 4 aromatic rings. The molecule has 1 aromatic heterocycles. The van der Waals surface area contributed by atoms with E-state index in [2.05, 4.69) is 10.1 Å². The van der Waals surface area contributed by atoms with Gasteiger partial charge >= 0.3 is 5.97 Å². The van der Waals surface area contributed by atoms with Crippen LogP contribution >= 0.6 is 0 Å². The van der Waals surface area contributed by atoms with Gasteiger partial charge in [0.2, 0.25) is 5.82 Å². The second kappa shape index (κ2) is 7.75. The standard InChI is InChI=1S/C22H16N2O4/c25-19-12-10-16(11-13-19)15-6-8-18(9-7-15)22(26)27-14-20-23-21(24-28-20)17-4-2-1-3-5-17/h1-13,25H,14H2. The van der Waals surface area contributed by atoms with E-state index in [0.29, 0.717) is 11.4 Å². The number of rotatable bonds is 5. The predicted molar refractivity (Wildman–Crippen MR) is 102 cm³/mol. The Balaban J connectivity index is 1.39. The zero-order chi connectivity index (χ0) is 19.3. The Hall–Kier alpha value is -3.93. The van der Waals surface area contributed by atoms with E-state index < -0.39 is 5.97 Å². The van der Waals surface area contributed by atoms with E-state index in [9.17, 15) is 9.90 Å². The molecule has 1 heterocycles. The Bertz CT molecular complexity index is 1070. The average molecular weight is 372 g/mol. The van der Waals surface area contributed by atoms with Gasteiger partial charge in [-0.05, 0) is 35.4 Å². The van der Waals surface area contributed by atoms with Gasteiger partial charge in [0, 0.05) is 5.56 Å². The molecule has 0 aliphatic rings. The van der Waals surface area contributed by atoms with Crippen LogP contribution in [0.4, 0.5) is 0 Å². The van der Waals surface area contributed by atoms with E-state index in [4.69, 9.17) is 9.26 Å². The molecule has 0 radical (unpaired) electrons. The number of aromatic nitrogens is 2. The van der Waals surface area contributed by atoms with E-state index >= 15 is 0 Å². The number of carbonyl (C=O) groups is 1. The monoisotopic (exact) mass is 372 g/mol. The highest BCUT2D eigenvalue weighted by molar-refractivity contribution is 5.90. The molecule has 0 unspecified atom stereocenters. The van der Waals surface area contributed by atoms with Crippen molar-refractivity contribution >= 4 is 5.97 Å². The summed E-state index contributed by atoms with van der Waals surface area (Å²) in [5.74, 6) is 0.412. The number of phenols is 1. The molecule has 4 rings (SSSR count). The van der Waals surface area contributed by atoms with Crippen LogP contribution in [-0.2, 0) is 11.3 Å². The fourth-order valence-corrected chi connectivity index (χ4v) is 2.68. The van der Waals surface area contributed by atoms with Gasteiger partial charge < -0.3 is 14.4 Å². The molecule has 6 nitrogen and oxygen atoms in total. The molecule has 0 fully saturated rings. The van der Waals surface area contributed by atoms with Crippen molar-refractivity contribution < 1.29 is 19.2 Å². The molecule has 28 heavy (non-hydrogen) atoms. The van der Waals surface area contributed by atoms with Crippen LogP contribution in [0.3, 0.4) is 0 Å². The van der Waals surface area contributed by atoms with Gasteiger partial charge in [-0.15, -0.1) is 0 Å². The minimum absolute atomic E-state index is 0.0988. The maximum absolute atomic E-state index is 12.2. The smallest absolute Gasteiger partial charge is 0.338 e. The van der Waals surface area contributed by atoms with E-state index in [0.717, 1.165) is 16.7 Å². The lowest BCUT2D eigenvalue weighted by Gasteiger charge is -2.05. The van der Waals surface area contributed by atoms with E-state index in [1.165, 1.54) is 0 Å². The Labute approximate surface area is 161 Å². The summed E-state index contributed by atoms with van der Waals surface area (Å²) in [6.45, 7) is -0.0988. The van der Waals surface area contributed by atoms with Crippen molar-refractivity contribution in [3.8, 4) is 28.3 Å². The van der Waals surface area contributed by atoms with Crippen LogP contribution in [0.5, 0.6) is 5.75 Å². The van der Waals surface area contributed by atoms with Crippen LogP contribution < -0.4 is 0 Å². The molecule has 3 aromatic carbocycles. The first-order valence-electron chi connectivity index (χ1n) is 8.64. The predicted octanol–water partition coefficient (Wildman–Crippen LogP) is 4.47. The largest absolute Gasteiger partial charge is 0.508 e. The van der Waals surface area contributed by atoms with Gasteiger partial charge in [0.15, 0.2) is 6.61 Å². The molecule has 0 spiro atoms. The molecule has 0 bridgehead atoms. The second-order valence-electron chi connectivity index (χ2n) is 6.08. The van der Waals surface area contributed by atoms with Crippen LogP contribution in [0.2, 0.25) is 0 Å². The number of nitrogens with zero attached hydrogens (tertiary/aromatic N) is 2. The first-order valence-corrected chi connectivity index (χ1v) is 8.64. The van der Waals surface area contributed by atoms with Gasteiger partial charge in [0.1, 0.15) is 5.75 Å². The zero-order valence-corrected chi connectivity index (χ0v) is 14.8. The Kier molecular flexibility index (Phi) is 4.84. The normalized spacial score (nSPS) is 10.6. The molecule has 138 valence electrons. The fourth-order valence-electron chi connectivity index (χ4n) is 2.68. The Morgan fingerprint density at radius 1 is 0.857 bits per heavy atom. The SMILES string of the molecule is O=C(OCc1nc(-c2ccccc2)no1)c1ccc(-c2ccc(O)cc2)cc1. The number of ether oxygens (including phenoxy) is 1. The summed E-state index contributed by atoms with van der Waals surface area (Å²) in [5, 5.41) is 13.3. The molecule has 0 amide bonds. The van der Waals surface area contributed by atoms with Gasteiger partial charge in [0.05, 0.1) is 5.56 Å². The van der Waals surface area contributed by atoms with Gasteiger partial charge in [-0.1, -0.05) is 59.8 Å². The highest BCUT2D eigenvalue weighted by Crippen LogP contribution is 2.22. The van der Waals surface area contributed by atoms with Gasteiger partial charge in [0.25, 0.3) is 5.89 Å². The molecular weight excluding hydrogens is 356 g/mol. The van der Waals surface area contributed by atoms with E-state index in [1.54, 1.807) is 24.3 Å². The summed E-state index contributed by atoms with van der Waals surface area (Å²) < 4.78 is 10.4. The summed E-state index contributed by atoms with van der Waals surface area (Å²) in [4.78, 5) is 16.5. The summed E-state index contributed by atoms with van der Waals surface area (Å²) in [6.07, 6.45) is 0. The van der Waals surface area contributed by atoms with Crippen molar-refractivity contribution in [1.29, 1.82) is 0 Å². The lowest BCUT2D eigenvalue weighted by molar-refractivity contribution is 0.0430. The third-order valence-corrected chi connectivity index (χ3v) is 4.15. The number of benzene rings is 3. The molecule has 6 heteroatoms. The highest BCUT2D eigenvalue weighted by atomic mass is 16.6. The number of hydrogen-bond acceptors (Lipinski definition) is 6. The van der Waals surface area contributed by atoms with Crippen LogP contribution in [-0.4, -0.2) is 21.2 Å². The summed E-state index contributed by atoms with van der Waals surface area (Å²) in [6, 6.07) is 23.3. The maximum atomic E-state index is 12.2. The van der Waals surface area contributed by atoms with E-state index in [1.807, 2.05) is 54.6 Å². The van der Waals surface area contributed by atoms with Crippen molar-refractivity contribution in [2.75, 3.05) is 0 Å².